The fourth-order valence-corrected chi connectivity index (χ4v) is 7.21. The first-order valence-corrected chi connectivity index (χ1v) is 16.9. The van der Waals surface area contributed by atoms with Crippen LogP contribution in [0, 0.1) is 11.8 Å². The van der Waals surface area contributed by atoms with E-state index in [1.807, 2.05) is 56.9 Å². The number of benzene rings is 2. The van der Waals surface area contributed by atoms with Crippen molar-refractivity contribution in [3.63, 3.8) is 0 Å². The van der Waals surface area contributed by atoms with E-state index in [4.69, 9.17) is 4.74 Å². The van der Waals surface area contributed by atoms with Gasteiger partial charge in [-0.15, -0.1) is 0 Å². The topological polar surface area (TPSA) is 96.0 Å². The van der Waals surface area contributed by atoms with E-state index in [0.29, 0.717) is 40.5 Å². The first-order chi connectivity index (χ1) is 21.6. The number of nitrogens with zero attached hydrogens (tertiary/aromatic N) is 2. The molecule has 0 aromatic heterocycles. The molecule has 1 N–H and O–H groups in total. The molecular weight excluding hydrogens is 566 g/mol. The molecule has 8 nitrogen and oxygen atoms in total. The van der Waals surface area contributed by atoms with Gasteiger partial charge in [0.2, 0.25) is 5.91 Å². The van der Waals surface area contributed by atoms with E-state index < -0.39 is 17.7 Å². The molecule has 2 heterocycles. The molecule has 2 aliphatic heterocycles. The Morgan fingerprint density at radius 2 is 1.42 bits per heavy atom. The minimum atomic E-state index is -0.601. The first kappa shape index (κ1) is 32.7. The third-order valence-corrected chi connectivity index (χ3v) is 9.60. The van der Waals surface area contributed by atoms with Gasteiger partial charge >= 0.3 is 6.09 Å². The molecule has 45 heavy (non-hydrogen) atoms. The number of hydrogen-bond donors (Lipinski definition) is 1. The molecule has 2 fully saturated rings. The standard InChI is InChI=1S/C37H49N3O5/c1-5-10-30(38-36(44)45-37(2,3)4)35(43)40-23-19-26(20-24-40)12-8-11-25-17-21-39(22-18-25)31-16-9-15-29-32(31)34(42)28-14-7-6-13-27(28)33(29)41/h6-7,9,13-16,25-26,30H,5,8,10-12,17-24H2,1-4H3,(H,38,44)/t30-/m0/s1. The zero-order valence-corrected chi connectivity index (χ0v) is 27.4. The maximum Gasteiger partial charge on any atom is 0.408 e. The number of ketones is 2. The Morgan fingerprint density at radius 3 is 2.02 bits per heavy atom. The summed E-state index contributed by atoms with van der Waals surface area (Å²) in [7, 11) is 0. The normalized spacial score (nSPS) is 18.3. The van der Waals surface area contributed by atoms with Crippen molar-refractivity contribution in [1.29, 1.82) is 0 Å². The Bertz CT molecular complexity index is 1400. The van der Waals surface area contributed by atoms with Gasteiger partial charge < -0.3 is 19.9 Å². The zero-order valence-electron chi connectivity index (χ0n) is 27.4. The quantitative estimate of drug-likeness (QED) is 0.285. The number of amides is 2. The number of carbonyl (C=O) groups is 4. The lowest BCUT2D eigenvalue weighted by Gasteiger charge is -2.36. The second-order valence-electron chi connectivity index (χ2n) is 14.0. The number of fused-ring (bicyclic) bond motifs is 2. The highest BCUT2D eigenvalue weighted by Crippen LogP contribution is 2.36. The van der Waals surface area contributed by atoms with E-state index in [1.54, 1.807) is 18.2 Å². The molecule has 0 saturated carbocycles. The second kappa shape index (κ2) is 14.2. The lowest BCUT2D eigenvalue weighted by Crippen LogP contribution is -2.51. The van der Waals surface area contributed by atoms with Gasteiger partial charge in [-0.1, -0.05) is 69.0 Å². The van der Waals surface area contributed by atoms with Crippen molar-refractivity contribution in [3.8, 4) is 0 Å². The molecule has 0 bridgehead atoms. The van der Waals surface area contributed by atoms with Crippen LogP contribution in [0.15, 0.2) is 42.5 Å². The largest absolute Gasteiger partial charge is 0.444 e. The fourth-order valence-electron chi connectivity index (χ4n) is 7.21. The van der Waals surface area contributed by atoms with Crippen molar-refractivity contribution in [3.05, 3.63) is 64.7 Å². The molecule has 2 saturated heterocycles. The van der Waals surface area contributed by atoms with Gasteiger partial charge in [-0.2, -0.15) is 0 Å². The van der Waals surface area contributed by atoms with Crippen LogP contribution in [-0.4, -0.2) is 66.3 Å². The molecule has 5 rings (SSSR count). The van der Waals surface area contributed by atoms with Gasteiger partial charge in [0.25, 0.3) is 0 Å². The predicted octanol–water partition coefficient (Wildman–Crippen LogP) is 6.78. The van der Waals surface area contributed by atoms with Gasteiger partial charge in [-0.3, -0.25) is 14.4 Å². The zero-order chi connectivity index (χ0) is 32.1. The minimum Gasteiger partial charge on any atom is -0.444 e. The molecule has 2 aromatic carbocycles. The summed E-state index contributed by atoms with van der Waals surface area (Å²) in [6.07, 6.45) is 8.61. The Hall–Kier alpha value is -3.68. The van der Waals surface area contributed by atoms with E-state index in [0.717, 1.165) is 64.0 Å². The van der Waals surface area contributed by atoms with Gasteiger partial charge in [0.15, 0.2) is 11.6 Å². The molecule has 1 atom stereocenters. The molecule has 2 aromatic rings. The lowest BCUT2D eigenvalue weighted by atomic mass is 9.82. The summed E-state index contributed by atoms with van der Waals surface area (Å²) in [4.78, 5) is 56.4. The van der Waals surface area contributed by atoms with Crippen LogP contribution in [-0.2, 0) is 9.53 Å². The number of anilines is 1. The summed E-state index contributed by atoms with van der Waals surface area (Å²) in [5.41, 5.74) is 2.38. The number of carbonyl (C=O) groups excluding carboxylic acids is 4. The van der Waals surface area contributed by atoms with Crippen molar-refractivity contribution in [2.24, 2.45) is 11.8 Å². The van der Waals surface area contributed by atoms with Crippen molar-refractivity contribution >= 4 is 29.3 Å². The Morgan fingerprint density at radius 1 is 0.844 bits per heavy atom. The van der Waals surface area contributed by atoms with Crippen LogP contribution in [0.4, 0.5) is 10.5 Å². The molecule has 0 spiro atoms. The second-order valence-corrected chi connectivity index (χ2v) is 14.0. The van der Waals surface area contributed by atoms with E-state index in [9.17, 15) is 19.2 Å². The van der Waals surface area contributed by atoms with Crippen LogP contribution in [0.3, 0.4) is 0 Å². The summed E-state index contributed by atoms with van der Waals surface area (Å²) >= 11 is 0. The number of hydrogen-bond acceptors (Lipinski definition) is 6. The summed E-state index contributed by atoms with van der Waals surface area (Å²) in [5.74, 6) is 1.17. The van der Waals surface area contributed by atoms with Crippen LogP contribution >= 0.6 is 0 Å². The number of alkyl carbamates (subject to hydrolysis) is 1. The molecule has 0 radical (unpaired) electrons. The van der Waals surface area contributed by atoms with E-state index in [-0.39, 0.29) is 17.5 Å². The molecular formula is C37H49N3O5. The van der Waals surface area contributed by atoms with E-state index in [1.165, 1.54) is 19.3 Å². The van der Waals surface area contributed by atoms with Gasteiger partial charge in [0.05, 0.1) is 5.56 Å². The van der Waals surface area contributed by atoms with Gasteiger partial charge in [-0.05, 0) is 70.8 Å². The van der Waals surface area contributed by atoms with Crippen molar-refractivity contribution < 1.29 is 23.9 Å². The fraction of sp³-hybridized carbons (Fsp3) is 0.568. The highest BCUT2D eigenvalue weighted by atomic mass is 16.6. The summed E-state index contributed by atoms with van der Waals surface area (Å²) in [5, 5.41) is 2.80. The molecule has 8 heteroatoms. The monoisotopic (exact) mass is 615 g/mol. The number of piperidine rings is 2. The molecule has 0 unspecified atom stereocenters. The summed E-state index contributed by atoms with van der Waals surface area (Å²) in [6, 6.07) is 12.3. The first-order valence-electron chi connectivity index (χ1n) is 16.9. The van der Waals surface area contributed by atoms with Crippen molar-refractivity contribution in [2.75, 3.05) is 31.1 Å². The van der Waals surface area contributed by atoms with Crippen LogP contribution in [0.2, 0.25) is 0 Å². The molecule has 242 valence electrons. The lowest BCUT2D eigenvalue weighted by molar-refractivity contribution is -0.135. The van der Waals surface area contributed by atoms with Crippen LogP contribution < -0.4 is 10.2 Å². The van der Waals surface area contributed by atoms with Gasteiger partial charge in [0.1, 0.15) is 11.6 Å². The molecule has 1 aliphatic carbocycles. The third kappa shape index (κ3) is 7.77. The SMILES string of the molecule is CCC[C@H](NC(=O)OC(C)(C)C)C(=O)N1CCC(CCCC2CCN(c3cccc4c3C(=O)c3ccccc3C4=O)CC2)CC1. The van der Waals surface area contributed by atoms with Gasteiger partial charge in [-0.25, -0.2) is 4.79 Å². The smallest absolute Gasteiger partial charge is 0.408 e. The van der Waals surface area contributed by atoms with E-state index in [2.05, 4.69) is 10.2 Å². The third-order valence-electron chi connectivity index (χ3n) is 9.60. The average Bonchev–Trinajstić information content (AvgIpc) is 3.02. The Labute approximate surface area is 267 Å². The predicted molar refractivity (Wildman–Crippen MR) is 176 cm³/mol. The van der Waals surface area contributed by atoms with Crippen LogP contribution in [0.5, 0.6) is 0 Å². The highest BCUT2D eigenvalue weighted by molar-refractivity contribution is 6.30. The Balaban J connectivity index is 1.06. The minimum absolute atomic E-state index is 0.00266. The maximum absolute atomic E-state index is 13.5. The number of nitrogens with one attached hydrogen (secondary N) is 1. The summed E-state index contributed by atoms with van der Waals surface area (Å²) in [6.45, 7) is 10.7. The van der Waals surface area contributed by atoms with Gasteiger partial charge in [0, 0.05) is 48.6 Å². The number of likely N-dealkylation sites (tertiary alicyclic amines) is 1. The highest BCUT2D eigenvalue weighted by Gasteiger charge is 2.34. The van der Waals surface area contributed by atoms with Crippen LogP contribution in [0.1, 0.15) is 117 Å². The van der Waals surface area contributed by atoms with Crippen LogP contribution in [0.25, 0.3) is 0 Å². The molecule has 2 amide bonds. The summed E-state index contributed by atoms with van der Waals surface area (Å²) < 4.78 is 5.38. The maximum atomic E-state index is 13.5. The average molecular weight is 616 g/mol. The number of rotatable bonds is 9. The van der Waals surface area contributed by atoms with Crippen molar-refractivity contribution in [2.45, 2.75) is 97.1 Å². The number of ether oxygens (including phenoxy) is 1. The molecule has 3 aliphatic rings. The Kier molecular flexibility index (Phi) is 10.3. The van der Waals surface area contributed by atoms with Crippen molar-refractivity contribution in [1.82, 2.24) is 10.2 Å². The van der Waals surface area contributed by atoms with E-state index >= 15 is 0 Å².